The Morgan fingerprint density at radius 1 is 1.15 bits per heavy atom. The van der Waals surface area contributed by atoms with Crippen molar-refractivity contribution in [2.24, 2.45) is 0 Å². The summed E-state index contributed by atoms with van der Waals surface area (Å²) in [6.07, 6.45) is 1.46. The van der Waals surface area contributed by atoms with Crippen molar-refractivity contribution < 1.29 is 9.94 Å². The molecule has 1 heterocycles. The number of aromatic nitrogens is 2. The van der Waals surface area contributed by atoms with Gasteiger partial charge in [0.25, 0.3) is 0 Å². The lowest BCUT2D eigenvalue weighted by molar-refractivity contribution is 0.149. The lowest BCUT2D eigenvalue weighted by atomic mass is 10.3. The van der Waals surface area contributed by atoms with Gasteiger partial charge in [0.15, 0.2) is 5.75 Å². The minimum absolute atomic E-state index is 0.0242. The predicted molar refractivity (Wildman–Crippen MR) is 46.4 cm³/mol. The topological polar surface area (TPSA) is 47.3 Å². The molecule has 4 nitrogen and oxygen atoms in total. The van der Waals surface area contributed by atoms with Crippen LogP contribution in [0.5, 0.6) is 11.6 Å². The fourth-order valence-corrected chi connectivity index (χ4v) is 0.935. The first-order valence-electron chi connectivity index (χ1n) is 3.82. The molecule has 0 bridgehead atoms. The molecule has 2 aromatic rings. The zero-order valence-corrected chi connectivity index (χ0v) is 6.79. The largest absolute Gasteiger partial charge is 0.491 e. The number of para-hydroxylation sites is 1. The molecule has 0 aliphatic rings. The van der Waals surface area contributed by atoms with Gasteiger partial charge in [0, 0.05) is 6.07 Å². The first kappa shape index (κ1) is 7.67. The summed E-state index contributed by atoms with van der Waals surface area (Å²) in [4.78, 5) is 6.26. The minimum Gasteiger partial charge on any atom is -0.491 e. The molecule has 0 aliphatic carbocycles. The first-order valence-corrected chi connectivity index (χ1v) is 3.82. The van der Waals surface area contributed by atoms with Gasteiger partial charge < -0.3 is 9.94 Å². The molecule has 2 rings (SSSR count). The number of benzene rings is 1. The summed E-state index contributed by atoms with van der Waals surface area (Å²) in [5.41, 5.74) is 0. The molecule has 0 aliphatic heterocycles. The van der Waals surface area contributed by atoms with Gasteiger partial charge in [-0.05, 0) is 12.1 Å². The van der Waals surface area contributed by atoms with E-state index in [4.69, 9.17) is 4.84 Å². The van der Waals surface area contributed by atoms with Gasteiger partial charge in [0.1, 0.15) is 0 Å². The first-order chi connectivity index (χ1) is 6.36. The third-order valence-corrected chi connectivity index (χ3v) is 1.53. The maximum absolute atomic E-state index is 9.19. The van der Waals surface area contributed by atoms with Crippen LogP contribution in [0.4, 0.5) is 0 Å². The Labute approximate surface area is 75.0 Å². The van der Waals surface area contributed by atoms with E-state index in [2.05, 4.69) is 5.10 Å². The van der Waals surface area contributed by atoms with Crippen LogP contribution in [0.25, 0.3) is 0 Å². The molecule has 0 saturated heterocycles. The number of hydrogen-bond acceptors (Lipinski definition) is 3. The van der Waals surface area contributed by atoms with E-state index in [-0.39, 0.29) is 5.88 Å². The van der Waals surface area contributed by atoms with Gasteiger partial charge in [0.2, 0.25) is 5.88 Å². The van der Waals surface area contributed by atoms with E-state index in [1.54, 1.807) is 12.1 Å². The van der Waals surface area contributed by atoms with Gasteiger partial charge in [-0.25, -0.2) is 0 Å². The summed E-state index contributed by atoms with van der Waals surface area (Å²) in [7, 11) is 0. The van der Waals surface area contributed by atoms with Crippen molar-refractivity contribution in [2.75, 3.05) is 0 Å². The SMILES string of the molecule is Oc1ccnn1Oc1ccccc1. The summed E-state index contributed by atoms with van der Waals surface area (Å²) < 4.78 is 0. The molecule has 0 radical (unpaired) electrons. The molecule has 0 fully saturated rings. The number of rotatable bonds is 2. The van der Waals surface area contributed by atoms with Crippen molar-refractivity contribution in [3.8, 4) is 11.6 Å². The lowest BCUT2D eigenvalue weighted by Crippen LogP contribution is -2.05. The Morgan fingerprint density at radius 2 is 1.92 bits per heavy atom. The van der Waals surface area contributed by atoms with Crippen LogP contribution in [0.15, 0.2) is 42.6 Å². The zero-order valence-electron chi connectivity index (χ0n) is 6.79. The van der Waals surface area contributed by atoms with Crippen molar-refractivity contribution in [1.82, 2.24) is 9.94 Å². The van der Waals surface area contributed by atoms with Crippen LogP contribution in [-0.2, 0) is 0 Å². The maximum Gasteiger partial charge on any atom is 0.248 e. The molecule has 0 saturated carbocycles. The average Bonchev–Trinajstić information content (AvgIpc) is 2.54. The molecule has 1 aromatic carbocycles. The summed E-state index contributed by atoms with van der Waals surface area (Å²) in [6.45, 7) is 0. The van der Waals surface area contributed by atoms with Crippen LogP contribution in [0.2, 0.25) is 0 Å². The van der Waals surface area contributed by atoms with Crippen molar-refractivity contribution in [3.63, 3.8) is 0 Å². The van der Waals surface area contributed by atoms with Crippen LogP contribution < -0.4 is 4.84 Å². The van der Waals surface area contributed by atoms with Crippen molar-refractivity contribution in [3.05, 3.63) is 42.6 Å². The van der Waals surface area contributed by atoms with Gasteiger partial charge in [-0.3, -0.25) is 0 Å². The highest BCUT2D eigenvalue weighted by atomic mass is 16.7. The Bertz CT molecular complexity index is 384. The standard InChI is InChI=1S/C9H8N2O2/c12-9-6-7-10-11(9)13-8-4-2-1-3-5-8/h1-7,12H. The second-order valence-corrected chi connectivity index (χ2v) is 2.47. The third-order valence-electron chi connectivity index (χ3n) is 1.53. The van der Waals surface area contributed by atoms with E-state index in [1.807, 2.05) is 18.2 Å². The van der Waals surface area contributed by atoms with E-state index in [0.29, 0.717) is 5.75 Å². The van der Waals surface area contributed by atoms with Gasteiger partial charge in [-0.2, -0.15) is 0 Å². The van der Waals surface area contributed by atoms with Gasteiger partial charge in [0.05, 0.1) is 6.20 Å². The molecule has 4 heteroatoms. The summed E-state index contributed by atoms with van der Waals surface area (Å²) in [6, 6.07) is 10.6. The molecule has 0 spiro atoms. The monoisotopic (exact) mass is 176 g/mol. The van der Waals surface area contributed by atoms with Gasteiger partial charge >= 0.3 is 0 Å². The fraction of sp³-hybridized carbons (Fsp3) is 0. The van der Waals surface area contributed by atoms with Crippen LogP contribution >= 0.6 is 0 Å². The number of nitrogens with zero attached hydrogens (tertiary/aromatic N) is 2. The second kappa shape index (κ2) is 3.18. The molecule has 13 heavy (non-hydrogen) atoms. The van der Waals surface area contributed by atoms with E-state index in [0.717, 1.165) is 4.85 Å². The predicted octanol–water partition coefficient (Wildman–Crippen LogP) is 1.43. The normalized spacial score (nSPS) is 9.85. The van der Waals surface area contributed by atoms with Crippen LogP contribution in [0.1, 0.15) is 0 Å². The van der Waals surface area contributed by atoms with Crippen LogP contribution in [-0.4, -0.2) is 15.1 Å². The molecule has 0 atom stereocenters. The van der Waals surface area contributed by atoms with E-state index < -0.39 is 0 Å². The third kappa shape index (κ3) is 1.61. The second-order valence-electron chi connectivity index (χ2n) is 2.47. The fourth-order valence-electron chi connectivity index (χ4n) is 0.935. The Hall–Kier alpha value is -1.97. The Balaban J connectivity index is 2.20. The summed E-state index contributed by atoms with van der Waals surface area (Å²) in [5.74, 6) is 0.602. The van der Waals surface area contributed by atoms with Crippen LogP contribution in [0, 0.1) is 0 Å². The molecule has 66 valence electrons. The highest BCUT2D eigenvalue weighted by molar-refractivity contribution is 5.21. The van der Waals surface area contributed by atoms with E-state index >= 15 is 0 Å². The highest BCUT2D eigenvalue weighted by Gasteiger charge is 2.00. The summed E-state index contributed by atoms with van der Waals surface area (Å²) >= 11 is 0. The lowest BCUT2D eigenvalue weighted by Gasteiger charge is -2.03. The highest BCUT2D eigenvalue weighted by Crippen LogP contribution is 2.12. The molecule has 1 aromatic heterocycles. The summed E-state index contributed by atoms with van der Waals surface area (Å²) in [5, 5.41) is 12.9. The molecule has 0 unspecified atom stereocenters. The van der Waals surface area contributed by atoms with E-state index in [1.165, 1.54) is 12.3 Å². The van der Waals surface area contributed by atoms with Crippen LogP contribution in [0.3, 0.4) is 0 Å². The number of aromatic hydroxyl groups is 1. The zero-order chi connectivity index (χ0) is 9.10. The smallest absolute Gasteiger partial charge is 0.248 e. The molecule has 0 amide bonds. The Kier molecular flexibility index (Phi) is 1.88. The van der Waals surface area contributed by atoms with Gasteiger partial charge in [-0.15, -0.1) is 5.10 Å². The van der Waals surface area contributed by atoms with Gasteiger partial charge in [-0.1, -0.05) is 23.0 Å². The average molecular weight is 176 g/mol. The number of hydrogen-bond donors (Lipinski definition) is 1. The maximum atomic E-state index is 9.19. The molecular formula is C9H8N2O2. The minimum atomic E-state index is -0.0242. The van der Waals surface area contributed by atoms with E-state index in [9.17, 15) is 5.11 Å². The Morgan fingerprint density at radius 3 is 2.54 bits per heavy atom. The van der Waals surface area contributed by atoms with Crippen molar-refractivity contribution >= 4 is 0 Å². The van der Waals surface area contributed by atoms with Crippen molar-refractivity contribution in [2.45, 2.75) is 0 Å². The molecule has 1 N–H and O–H groups in total. The van der Waals surface area contributed by atoms with Crippen molar-refractivity contribution in [1.29, 1.82) is 0 Å². The quantitative estimate of drug-likeness (QED) is 0.752. The molecular weight excluding hydrogens is 168 g/mol.